The van der Waals surface area contributed by atoms with Crippen molar-refractivity contribution in [1.29, 1.82) is 0 Å². The number of hydrogen-bond acceptors (Lipinski definition) is 7. The Balaban J connectivity index is 1.27. The summed E-state index contributed by atoms with van der Waals surface area (Å²) in [6, 6.07) is 12.7. The predicted octanol–water partition coefficient (Wildman–Crippen LogP) is 3.63. The first-order valence-electron chi connectivity index (χ1n) is 11.0. The highest BCUT2D eigenvalue weighted by Gasteiger charge is 2.31. The molecule has 0 radical (unpaired) electrons. The summed E-state index contributed by atoms with van der Waals surface area (Å²) in [4.78, 5) is 37.5. The molecule has 0 saturated carbocycles. The van der Waals surface area contributed by atoms with Crippen molar-refractivity contribution in [2.45, 2.75) is 31.4 Å². The third-order valence-corrected chi connectivity index (χ3v) is 6.34. The first kappa shape index (κ1) is 23.0. The highest BCUT2D eigenvalue weighted by atomic mass is 32.2. The van der Waals surface area contributed by atoms with Crippen LogP contribution >= 0.6 is 11.8 Å². The molecule has 8 nitrogen and oxygen atoms in total. The molecule has 2 heterocycles. The average Bonchev–Trinajstić information content (AvgIpc) is 3.13. The van der Waals surface area contributed by atoms with Crippen molar-refractivity contribution in [2.75, 3.05) is 26.5 Å². The number of imide groups is 1. The van der Waals surface area contributed by atoms with Gasteiger partial charge in [0.15, 0.2) is 18.2 Å². The molecule has 33 heavy (non-hydrogen) atoms. The van der Waals surface area contributed by atoms with Gasteiger partial charge in [-0.05, 0) is 42.7 Å². The highest BCUT2D eigenvalue weighted by Crippen LogP contribution is 2.35. The molecule has 1 saturated heterocycles. The lowest BCUT2D eigenvalue weighted by Gasteiger charge is -2.29. The molecule has 0 aliphatic carbocycles. The van der Waals surface area contributed by atoms with Crippen LogP contribution in [0.25, 0.3) is 0 Å². The van der Waals surface area contributed by atoms with Crippen LogP contribution in [0, 0.1) is 0 Å². The third kappa shape index (κ3) is 5.60. The Labute approximate surface area is 196 Å². The predicted molar refractivity (Wildman–Crippen MR) is 124 cm³/mol. The van der Waals surface area contributed by atoms with Gasteiger partial charge in [0.2, 0.25) is 5.91 Å². The van der Waals surface area contributed by atoms with E-state index in [0.717, 1.165) is 30.2 Å². The lowest BCUT2D eigenvalue weighted by atomic mass is 10.1. The summed E-state index contributed by atoms with van der Waals surface area (Å²) in [5.74, 6) is 1.40. The summed E-state index contributed by atoms with van der Waals surface area (Å²) < 4.78 is 17.4. The van der Waals surface area contributed by atoms with Crippen LogP contribution in [0.3, 0.4) is 0 Å². The zero-order valence-electron chi connectivity index (χ0n) is 18.4. The Hall–Kier alpha value is -3.20. The minimum atomic E-state index is -0.394. The van der Waals surface area contributed by atoms with Crippen molar-refractivity contribution >= 4 is 28.8 Å². The van der Waals surface area contributed by atoms with Crippen LogP contribution in [-0.4, -0.2) is 53.7 Å². The Morgan fingerprint density at radius 1 is 1.09 bits per heavy atom. The molecule has 0 spiro atoms. The Bertz CT molecular complexity index is 1030. The highest BCUT2D eigenvalue weighted by molar-refractivity contribution is 8.15. The van der Waals surface area contributed by atoms with Gasteiger partial charge in [-0.25, -0.2) is 0 Å². The van der Waals surface area contributed by atoms with Gasteiger partial charge in [0.25, 0.3) is 11.1 Å². The van der Waals surface area contributed by atoms with Crippen LogP contribution in [-0.2, 0) is 11.2 Å². The van der Waals surface area contributed by atoms with E-state index in [0.29, 0.717) is 49.0 Å². The second kappa shape index (κ2) is 10.6. The molecule has 0 bridgehead atoms. The summed E-state index contributed by atoms with van der Waals surface area (Å²) in [6.07, 6.45) is 2.45. The molecule has 2 aromatic carbocycles. The van der Waals surface area contributed by atoms with Crippen molar-refractivity contribution in [1.82, 2.24) is 10.2 Å². The van der Waals surface area contributed by atoms with Gasteiger partial charge in [0, 0.05) is 0 Å². The van der Waals surface area contributed by atoms with E-state index in [1.165, 1.54) is 0 Å². The van der Waals surface area contributed by atoms with Crippen LogP contribution in [0.5, 0.6) is 17.2 Å². The summed E-state index contributed by atoms with van der Waals surface area (Å²) >= 11 is 1.02. The van der Waals surface area contributed by atoms with Gasteiger partial charge in [-0.2, -0.15) is 0 Å². The fourth-order valence-electron chi connectivity index (χ4n) is 3.55. The van der Waals surface area contributed by atoms with Crippen LogP contribution in [0.15, 0.2) is 42.5 Å². The monoisotopic (exact) mass is 470 g/mol. The lowest BCUT2D eigenvalue weighted by Crippen LogP contribution is -2.41. The molecule has 4 rings (SSSR count). The van der Waals surface area contributed by atoms with Gasteiger partial charge in [-0.15, -0.1) is 0 Å². The van der Waals surface area contributed by atoms with Crippen molar-refractivity contribution in [3.8, 4) is 17.2 Å². The quantitative estimate of drug-likeness (QED) is 0.530. The number of para-hydroxylation sites is 1. The number of carbonyl (C=O) groups is 3. The molecule has 1 unspecified atom stereocenters. The number of amides is 3. The van der Waals surface area contributed by atoms with E-state index >= 15 is 0 Å². The van der Waals surface area contributed by atoms with E-state index in [1.807, 2.05) is 30.3 Å². The summed E-state index contributed by atoms with van der Waals surface area (Å²) in [7, 11) is 0. The number of hydrogen-bond donors (Lipinski definition) is 1. The van der Waals surface area contributed by atoms with E-state index in [2.05, 4.69) is 12.2 Å². The molecular weight excluding hydrogens is 444 g/mol. The van der Waals surface area contributed by atoms with Gasteiger partial charge in [-0.1, -0.05) is 43.3 Å². The maximum absolute atomic E-state index is 12.9. The van der Waals surface area contributed by atoms with E-state index in [-0.39, 0.29) is 23.8 Å². The topological polar surface area (TPSA) is 94.2 Å². The Kier molecular flexibility index (Phi) is 7.39. The molecule has 1 fully saturated rings. The van der Waals surface area contributed by atoms with Gasteiger partial charge in [0.05, 0.1) is 24.0 Å². The number of unbranched alkanes of at least 4 members (excludes halogenated alkanes) is 1. The fourth-order valence-corrected chi connectivity index (χ4v) is 4.41. The van der Waals surface area contributed by atoms with Gasteiger partial charge in [0.1, 0.15) is 12.4 Å². The van der Waals surface area contributed by atoms with Gasteiger partial charge < -0.3 is 19.1 Å². The summed E-state index contributed by atoms with van der Waals surface area (Å²) in [5, 5.41) is 1.60. The number of thioether (sulfide) groups is 1. The third-order valence-electron chi connectivity index (χ3n) is 5.36. The standard InChI is InChI=1S/C24H26N2O6S/c1-2-3-12-31-19-6-4-5-18-21(19)32-15-26(23(18)28)11-13-30-17-9-7-16(8-10-17)14-20-22(27)25-24(29)33-20/h4-10,20H,2-3,11-15H2,1H3,(H,25,27,29). The number of nitrogens with one attached hydrogen (secondary N) is 1. The number of fused-ring (bicyclic) bond motifs is 1. The summed E-state index contributed by atoms with van der Waals surface area (Å²) in [5.41, 5.74) is 1.43. The van der Waals surface area contributed by atoms with Crippen LogP contribution in [0.4, 0.5) is 4.79 Å². The first-order valence-corrected chi connectivity index (χ1v) is 11.8. The molecule has 0 aromatic heterocycles. The second-order valence-corrected chi connectivity index (χ2v) is 8.93. The number of rotatable bonds is 10. The number of benzene rings is 2. The Morgan fingerprint density at radius 2 is 1.91 bits per heavy atom. The number of carbonyl (C=O) groups excluding carboxylic acids is 3. The molecule has 9 heteroatoms. The maximum atomic E-state index is 12.9. The maximum Gasteiger partial charge on any atom is 0.286 e. The molecule has 2 aliphatic rings. The zero-order valence-corrected chi connectivity index (χ0v) is 19.2. The normalized spacial score (nSPS) is 17.4. The lowest BCUT2D eigenvalue weighted by molar-refractivity contribution is -0.118. The van der Waals surface area contributed by atoms with Crippen LogP contribution in [0.1, 0.15) is 35.7 Å². The molecule has 2 aliphatic heterocycles. The van der Waals surface area contributed by atoms with E-state index < -0.39 is 5.25 Å². The fraction of sp³-hybridized carbons (Fsp3) is 0.375. The number of ether oxygens (including phenoxy) is 3. The molecular formula is C24H26N2O6S. The minimum Gasteiger partial charge on any atom is -0.492 e. The summed E-state index contributed by atoms with van der Waals surface area (Å²) in [6.45, 7) is 3.51. The second-order valence-electron chi connectivity index (χ2n) is 7.76. The van der Waals surface area contributed by atoms with Crippen molar-refractivity contribution in [3.05, 3.63) is 53.6 Å². The van der Waals surface area contributed by atoms with Crippen LogP contribution in [0.2, 0.25) is 0 Å². The molecule has 1 atom stereocenters. The minimum absolute atomic E-state index is 0.113. The Morgan fingerprint density at radius 3 is 2.64 bits per heavy atom. The average molecular weight is 471 g/mol. The first-order chi connectivity index (χ1) is 16.0. The largest absolute Gasteiger partial charge is 0.492 e. The SMILES string of the molecule is CCCCOc1cccc2c1OCN(CCOc1ccc(CC3SC(=O)NC3=O)cc1)C2=O. The van der Waals surface area contributed by atoms with Gasteiger partial charge >= 0.3 is 0 Å². The van der Waals surface area contributed by atoms with E-state index in [4.69, 9.17) is 14.2 Å². The smallest absolute Gasteiger partial charge is 0.286 e. The van der Waals surface area contributed by atoms with Gasteiger partial charge in [-0.3, -0.25) is 19.7 Å². The van der Waals surface area contributed by atoms with Crippen molar-refractivity contribution in [2.24, 2.45) is 0 Å². The molecule has 1 N–H and O–H groups in total. The van der Waals surface area contributed by atoms with Crippen molar-refractivity contribution in [3.63, 3.8) is 0 Å². The molecule has 3 amide bonds. The molecule has 2 aromatic rings. The van der Waals surface area contributed by atoms with E-state index in [9.17, 15) is 14.4 Å². The zero-order chi connectivity index (χ0) is 23.2. The van der Waals surface area contributed by atoms with Crippen molar-refractivity contribution < 1.29 is 28.6 Å². The molecule has 174 valence electrons. The van der Waals surface area contributed by atoms with E-state index in [1.54, 1.807) is 17.0 Å². The number of nitrogens with zero attached hydrogens (tertiary/aromatic N) is 1. The van der Waals surface area contributed by atoms with Crippen LogP contribution < -0.4 is 19.5 Å².